The fourth-order valence-electron chi connectivity index (χ4n) is 10.6. The Bertz CT molecular complexity index is 2560. The van der Waals surface area contributed by atoms with Crippen molar-refractivity contribution in [3.63, 3.8) is 0 Å². The molecule has 0 unspecified atom stereocenters. The third-order valence-corrected chi connectivity index (χ3v) is 14.1. The van der Waals surface area contributed by atoms with Crippen LogP contribution in [0.5, 0.6) is 0 Å². The maximum Gasteiger partial charge on any atom is 0.264 e. The van der Waals surface area contributed by atoms with Crippen LogP contribution in [-0.2, 0) is 30.3 Å². The van der Waals surface area contributed by atoms with E-state index in [1.807, 2.05) is 0 Å². The zero-order valence-electron chi connectivity index (χ0n) is 34.3. The smallest absolute Gasteiger partial charge is 0.264 e. The van der Waals surface area contributed by atoms with Gasteiger partial charge in [-0.1, -0.05) is 79.6 Å². The Morgan fingerprint density at radius 3 is 2.45 bits per heavy atom. The third-order valence-electron chi connectivity index (χ3n) is 12.7. The minimum atomic E-state index is -4.07. The van der Waals surface area contributed by atoms with Gasteiger partial charge in [0.2, 0.25) is 5.69 Å². The molecule has 0 saturated carbocycles. The number of rotatable bonds is 12. The summed E-state index contributed by atoms with van der Waals surface area (Å²) in [6.45, 7) is 12.9. The molecule has 304 valence electrons. The van der Waals surface area contributed by atoms with E-state index in [1.165, 1.54) is 77.6 Å². The molecule has 8 rings (SSSR count). The summed E-state index contributed by atoms with van der Waals surface area (Å²) in [4.78, 5) is 2.34. The van der Waals surface area contributed by atoms with Gasteiger partial charge in [0.05, 0.1) is 11.2 Å². The lowest BCUT2D eigenvalue weighted by Gasteiger charge is -2.31. The van der Waals surface area contributed by atoms with Gasteiger partial charge in [-0.2, -0.15) is 13.0 Å². The Morgan fingerprint density at radius 1 is 0.845 bits per heavy atom. The maximum atomic E-state index is 11.8. The third kappa shape index (κ3) is 7.64. The highest BCUT2D eigenvalue weighted by Gasteiger charge is 2.48. The Morgan fingerprint density at radius 2 is 1.64 bits per heavy atom. The number of benzene rings is 4. The van der Waals surface area contributed by atoms with Crippen LogP contribution in [0.2, 0.25) is 0 Å². The van der Waals surface area contributed by atoms with Crippen LogP contribution in [0, 0.1) is 6.92 Å². The summed E-state index contributed by atoms with van der Waals surface area (Å²) in [6, 6.07) is 24.1. The number of aryl methyl sites for hydroxylation is 1. The number of anilines is 1. The summed E-state index contributed by atoms with van der Waals surface area (Å²) >= 11 is 1.11. The highest BCUT2D eigenvalue weighted by molar-refractivity contribution is 7.94. The molecule has 0 radical (unpaired) electrons. The van der Waals surface area contributed by atoms with Crippen LogP contribution in [0.25, 0.3) is 21.5 Å². The van der Waals surface area contributed by atoms with Gasteiger partial charge in [0.25, 0.3) is 10.1 Å². The van der Waals surface area contributed by atoms with Gasteiger partial charge in [0.15, 0.2) is 5.71 Å². The molecule has 58 heavy (non-hydrogen) atoms. The van der Waals surface area contributed by atoms with Gasteiger partial charge in [0, 0.05) is 64.8 Å². The van der Waals surface area contributed by atoms with Crippen molar-refractivity contribution in [2.45, 2.75) is 96.8 Å². The molecular weight excluding hydrogens is 765 g/mol. The van der Waals surface area contributed by atoms with E-state index in [9.17, 15) is 13.0 Å². The number of hydrogen-bond donors (Lipinski definition) is 2. The molecule has 4 aromatic rings. The maximum absolute atomic E-state index is 11.8. The number of nitrogens with zero attached hydrogens (tertiary/aromatic N) is 2. The Balaban J connectivity index is 1.19. The minimum absolute atomic E-state index is 0.220. The average molecular weight is 820 g/mol. The van der Waals surface area contributed by atoms with Crippen molar-refractivity contribution in [1.29, 1.82) is 0 Å². The van der Waals surface area contributed by atoms with E-state index < -0.39 is 10.1 Å². The Kier molecular flexibility index (Phi) is 11.4. The Hall–Kier alpha value is -4.03. The van der Waals surface area contributed by atoms with Gasteiger partial charge >= 0.3 is 0 Å². The lowest BCUT2D eigenvalue weighted by molar-refractivity contribution is -0.438. The molecule has 10 heteroatoms. The van der Waals surface area contributed by atoms with Gasteiger partial charge in [-0.15, -0.1) is 4.33 Å². The molecule has 2 aliphatic heterocycles. The molecule has 0 fully saturated rings. The van der Waals surface area contributed by atoms with Crippen LogP contribution in [0.4, 0.5) is 11.4 Å². The zero-order chi connectivity index (χ0) is 40.8. The van der Waals surface area contributed by atoms with Crippen molar-refractivity contribution < 1.29 is 32.2 Å². The van der Waals surface area contributed by atoms with Crippen LogP contribution in [0.1, 0.15) is 95.8 Å². The molecule has 4 aliphatic rings. The molecule has 0 aromatic heterocycles. The van der Waals surface area contributed by atoms with E-state index in [2.05, 4.69) is 134 Å². The molecule has 0 saturated heterocycles. The number of hydrogen-bond acceptors (Lipinski definition) is 7. The normalized spacial score (nSPS) is 20.9. The monoisotopic (exact) mass is 819 g/mol. The fourth-order valence-corrected chi connectivity index (χ4v) is 11.4. The predicted molar refractivity (Wildman–Crippen MR) is 238 cm³/mol. The number of fused-ring (bicyclic) bond motifs is 6. The van der Waals surface area contributed by atoms with Crippen LogP contribution >= 0.6 is 12.0 Å². The lowest BCUT2D eigenvalue weighted by atomic mass is 9.74. The summed E-state index contributed by atoms with van der Waals surface area (Å²) in [6.07, 6.45) is 14.6. The van der Waals surface area contributed by atoms with E-state index in [4.69, 9.17) is 9.59 Å². The van der Waals surface area contributed by atoms with Crippen molar-refractivity contribution in [3.05, 3.63) is 130 Å². The first-order valence-corrected chi connectivity index (χ1v) is 23.2. The second kappa shape index (κ2) is 16.2. The molecule has 0 bridgehead atoms. The summed E-state index contributed by atoms with van der Waals surface area (Å²) in [5.74, 6) is 0.413. The summed E-state index contributed by atoms with van der Waals surface area (Å²) in [7, 11) is -4.07. The Labute approximate surface area is 347 Å². The van der Waals surface area contributed by atoms with Crippen molar-refractivity contribution >= 4 is 60.8 Å². The highest BCUT2D eigenvalue weighted by Crippen LogP contribution is 2.53. The predicted octanol–water partition coefficient (Wildman–Crippen LogP) is 11.6. The lowest BCUT2D eigenvalue weighted by Crippen LogP contribution is -2.32. The minimum Gasteiger partial charge on any atom is -0.344 e. The van der Waals surface area contributed by atoms with E-state index >= 15 is 0 Å². The molecule has 2 heterocycles. The SMILES string of the molecule is Cc1cccc2c3c(ccc12)[N+](CCCSOOO)=C(C1=C/C(=C/C2=CC(=C4/N(CCCS(=O)(=O)O)c5ccc6ccccc6c5C4(C)C)/CCC2)CCC1)C3(C)C. The first kappa shape index (κ1) is 40.7. The van der Waals surface area contributed by atoms with Crippen LogP contribution < -0.4 is 4.90 Å². The van der Waals surface area contributed by atoms with Crippen molar-refractivity contribution in [1.82, 2.24) is 0 Å². The van der Waals surface area contributed by atoms with Gasteiger partial charge in [-0.25, -0.2) is 5.26 Å². The van der Waals surface area contributed by atoms with Crippen molar-refractivity contribution in [3.8, 4) is 0 Å². The summed E-state index contributed by atoms with van der Waals surface area (Å²) in [5, 5.41) is 17.6. The largest absolute Gasteiger partial charge is 0.344 e. The second-order valence-corrected chi connectivity index (χ2v) is 19.7. The molecule has 4 aromatic carbocycles. The number of allylic oxidation sites excluding steroid dienone is 8. The summed E-state index contributed by atoms with van der Waals surface area (Å²) in [5.41, 5.74) is 13.8. The molecule has 0 amide bonds. The van der Waals surface area contributed by atoms with Crippen molar-refractivity contribution in [2.75, 3.05) is 29.5 Å². The van der Waals surface area contributed by atoms with Crippen LogP contribution in [0.15, 0.2) is 113 Å². The highest BCUT2D eigenvalue weighted by atomic mass is 32.2. The molecule has 0 spiro atoms. The second-order valence-electron chi connectivity index (χ2n) is 17.4. The van der Waals surface area contributed by atoms with Crippen LogP contribution in [-0.4, -0.2) is 53.1 Å². The standard InChI is InChI=1S/C48H54N2O6S2/c1-32-13-8-20-40-38(32)22-24-42-44(40)48(4,5)46(49(42)25-11-27-57-56-55-51)37-18-10-15-34(31-37)29-33-14-9-17-36(30-33)45-47(2,3)43-39-19-7-6-16-35(39)21-23-41(43)50(45)26-12-28-58(52,53)54/h6-8,13,16,19-24,29-31H,9-12,14-15,17-18,25-28H2,1-5H3,(H-,51,52,53,54)/p+1. The molecule has 0 atom stereocenters. The van der Waals surface area contributed by atoms with E-state index in [-0.39, 0.29) is 16.6 Å². The van der Waals surface area contributed by atoms with E-state index in [0.29, 0.717) is 18.7 Å². The van der Waals surface area contributed by atoms with Crippen molar-refractivity contribution in [2.24, 2.45) is 0 Å². The quantitative estimate of drug-likeness (QED) is 0.0364. The molecule has 2 aliphatic carbocycles. The molecule has 8 nitrogen and oxygen atoms in total. The van der Waals surface area contributed by atoms with E-state index in [1.54, 1.807) is 0 Å². The molecular formula is C48H55N2O6S2+. The molecule has 2 N–H and O–H groups in total. The van der Waals surface area contributed by atoms with Gasteiger partial charge < -0.3 is 4.90 Å². The average Bonchev–Trinajstić information content (AvgIpc) is 3.56. The fraction of sp³-hybridized carbons (Fsp3) is 0.396. The van der Waals surface area contributed by atoms with Gasteiger partial charge in [0.1, 0.15) is 6.54 Å². The zero-order valence-corrected chi connectivity index (χ0v) is 35.9. The van der Waals surface area contributed by atoms with Crippen LogP contribution in [0.3, 0.4) is 0 Å². The first-order chi connectivity index (χ1) is 27.8. The van der Waals surface area contributed by atoms with E-state index in [0.717, 1.165) is 69.2 Å². The first-order valence-electron chi connectivity index (χ1n) is 20.7. The van der Waals surface area contributed by atoms with Gasteiger partial charge in [-0.3, -0.25) is 4.55 Å². The topological polar surface area (TPSA) is 99.3 Å². The van der Waals surface area contributed by atoms with Gasteiger partial charge in [-0.05, 0) is 133 Å². The summed E-state index contributed by atoms with van der Waals surface area (Å²) < 4.78 is 40.5.